The van der Waals surface area contributed by atoms with Crippen molar-refractivity contribution in [2.75, 3.05) is 6.61 Å². The molecule has 0 spiro atoms. The van der Waals surface area contributed by atoms with Gasteiger partial charge in [-0.2, -0.15) is 0 Å². The van der Waals surface area contributed by atoms with Crippen LogP contribution in [0, 0.1) is 18.3 Å². The maximum atomic E-state index is 11.3. The van der Waals surface area contributed by atoms with E-state index in [1.54, 1.807) is 24.4 Å². The molecule has 3 heteroatoms. The molecular formula is C14H15NO2. The molecule has 1 heterocycles. The van der Waals surface area contributed by atoms with Crippen molar-refractivity contribution in [1.29, 1.82) is 0 Å². The highest BCUT2D eigenvalue weighted by atomic mass is 16.5. The molecule has 0 aliphatic heterocycles. The maximum absolute atomic E-state index is 11.3. The fourth-order valence-electron chi connectivity index (χ4n) is 1.05. The molecule has 3 nitrogen and oxygen atoms in total. The van der Waals surface area contributed by atoms with E-state index in [4.69, 9.17) is 11.2 Å². The first-order valence-corrected chi connectivity index (χ1v) is 5.39. The molecule has 0 saturated heterocycles. The molecule has 0 N–H and O–H groups in total. The highest BCUT2D eigenvalue weighted by Crippen LogP contribution is 2.02. The monoisotopic (exact) mass is 229 g/mol. The second kappa shape index (κ2) is 6.49. The van der Waals surface area contributed by atoms with Gasteiger partial charge >= 0.3 is 5.97 Å². The number of terminal acetylenes is 1. The molecule has 0 unspecified atom stereocenters. The average molecular weight is 229 g/mol. The summed E-state index contributed by atoms with van der Waals surface area (Å²) in [6.45, 7) is 4.40. The number of hydrogen-bond donors (Lipinski definition) is 0. The molecule has 0 bridgehead atoms. The SMILES string of the molecule is C#Cc1ccc(/C=C/C(=O)OCC(C)C)cn1. The van der Waals surface area contributed by atoms with Crippen molar-refractivity contribution >= 4 is 12.0 Å². The number of esters is 1. The Morgan fingerprint density at radius 3 is 2.88 bits per heavy atom. The minimum absolute atomic E-state index is 0.337. The van der Waals surface area contributed by atoms with Crippen LogP contribution < -0.4 is 0 Å². The predicted molar refractivity (Wildman–Crippen MR) is 67.0 cm³/mol. The number of carbonyl (C=O) groups excluding carboxylic acids is 1. The number of ether oxygens (including phenoxy) is 1. The van der Waals surface area contributed by atoms with E-state index in [1.807, 2.05) is 13.8 Å². The quantitative estimate of drug-likeness (QED) is 0.451. The van der Waals surface area contributed by atoms with E-state index >= 15 is 0 Å². The fraction of sp³-hybridized carbons (Fsp3) is 0.286. The molecule has 0 aliphatic carbocycles. The Labute approximate surface area is 102 Å². The first kappa shape index (κ1) is 13.0. The molecule has 0 saturated carbocycles. The Kier molecular flexibility index (Phi) is 4.96. The lowest BCUT2D eigenvalue weighted by Gasteiger charge is -2.03. The van der Waals surface area contributed by atoms with E-state index in [9.17, 15) is 4.79 Å². The van der Waals surface area contributed by atoms with E-state index in [-0.39, 0.29) is 5.97 Å². The lowest BCUT2D eigenvalue weighted by Crippen LogP contribution is -2.06. The summed E-state index contributed by atoms with van der Waals surface area (Å²) in [4.78, 5) is 15.3. The van der Waals surface area contributed by atoms with Crippen molar-refractivity contribution in [1.82, 2.24) is 4.98 Å². The molecule has 88 valence electrons. The number of pyridine rings is 1. The summed E-state index contributed by atoms with van der Waals surface area (Å²) in [6, 6.07) is 3.52. The molecule has 1 aromatic heterocycles. The fourth-order valence-corrected chi connectivity index (χ4v) is 1.05. The second-order valence-corrected chi connectivity index (χ2v) is 3.98. The molecule has 1 aromatic rings. The van der Waals surface area contributed by atoms with Gasteiger partial charge in [-0.1, -0.05) is 25.8 Å². The van der Waals surface area contributed by atoms with Crippen molar-refractivity contribution in [3.05, 3.63) is 35.7 Å². The highest BCUT2D eigenvalue weighted by molar-refractivity contribution is 5.86. The van der Waals surface area contributed by atoms with Crippen LogP contribution in [0.1, 0.15) is 25.1 Å². The summed E-state index contributed by atoms with van der Waals surface area (Å²) >= 11 is 0. The summed E-state index contributed by atoms with van der Waals surface area (Å²) in [7, 11) is 0. The zero-order chi connectivity index (χ0) is 12.7. The topological polar surface area (TPSA) is 39.2 Å². The van der Waals surface area contributed by atoms with Crippen molar-refractivity contribution in [2.45, 2.75) is 13.8 Å². The van der Waals surface area contributed by atoms with Crippen LogP contribution in [0.5, 0.6) is 0 Å². The standard InChI is InChI=1S/C14H15NO2/c1-4-13-7-5-12(9-15-13)6-8-14(16)17-10-11(2)3/h1,5-9,11H,10H2,2-3H3/b8-6+. The van der Waals surface area contributed by atoms with Crippen LogP contribution in [0.4, 0.5) is 0 Å². The molecule has 0 radical (unpaired) electrons. The Bertz CT molecular complexity index is 438. The largest absolute Gasteiger partial charge is 0.462 e. The van der Waals surface area contributed by atoms with E-state index in [1.165, 1.54) is 6.08 Å². The number of rotatable bonds is 4. The van der Waals surface area contributed by atoms with Crippen LogP contribution in [0.3, 0.4) is 0 Å². The van der Waals surface area contributed by atoms with Gasteiger partial charge in [-0.3, -0.25) is 0 Å². The van der Waals surface area contributed by atoms with E-state index < -0.39 is 0 Å². The zero-order valence-electron chi connectivity index (χ0n) is 10.0. The maximum Gasteiger partial charge on any atom is 0.330 e. The smallest absolute Gasteiger partial charge is 0.330 e. The predicted octanol–water partition coefficient (Wildman–Crippen LogP) is 2.28. The van der Waals surface area contributed by atoms with Gasteiger partial charge in [0.05, 0.1) is 6.61 Å². The van der Waals surface area contributed by atoms with Crippen LogP contribution in [0.15, 0.2) is 24.4 Å². The van der Waals surface area contributed by atoms with Gasteiger partial charge < -0.3 is 4.74 Å². The van der Waals surface area contributed by atoms with E-state index in [0.29, 0.717) is 18.2 Å². The van der Waals surface area contributed by atoms with Gasteiger partial charge in [0.15, 0.2) is 0 Å². The van der Waals surface area contributed by atoms with Gasteiger partial charge in [0.25, 0.3) is 0 Å². The Hall–Kier alpha value is -2.08. The summed E-state index contributed by atoms with van der Waals surface area (Å²) in [6.07, 6.45) is 9.83. The Morgan fingerprint density at radius 2 is 2.35 bits per heavy atom. The number of nitrogens with zero attached hydrogens (tertiary/aromatic N) is 1. The molecule has 0 atom stereocenters. The summed E-state index contributed by atoms with van der Waals surface area (Å²) < 4.78 is 4.99. The second-order valence-electron chi connectivity index (χ2n) is 3.98. The van der Waals surface area contributed by atoms with Crippen molar-refractivity contribution in [2.24, 2.45) is 5.92 Å². The van der Waals surface area contributed by atoms with Crippen LogP contribution >= 0.6 is 0 Å². The lowest BCUT2D eigenvalue weighted by molar-refractivity contribution is -0.138. The van der Waals surface area contributed by atoms with Crippen molar-refractivity contribution in [3.63, 3.8) is 0 Å². The highest BCUT2D eigenvalue weighted by Gasteiger charge is 1.99. The number of hydrogen-bond acceptors (Lipinski definition) is 3. The Balaban J connectivity index is 2.52. The molecule has 0 amide bonds. The van der Waals surface area contributed by atoms with Crippen molar-refractivity contribution in [3.8, 4) is 12.3 Å². The lowest BCUT2D eigenvalue weighted by atomic mass is 10.2. The van der Waals surface area contributed by atoms with Crippen LogP contribution in [0.25, 0.3) is 6.08 Å². The third kappa shape index (κ3) is 4.98. The van der Waals surface area contributed by atoms with Crippen LogP contribution in [-0.2, 0) is 9.53 Å². The first-order chi connectivity index (χ1) is 8.11. The third-order valence-electron chi connectivity index (χ3n) is 1.91. The normalized spacial score (nSPS) is 10.5. The zero-order valence-corrected chi connectivity index (χ0v) is 10.0. The summed E-state index contributed by atoms with van der Waals surface area (Å²) in [5.41, 5.74) is 1.38. The van der Waals surface area contributed by atoms with Crippen LogP contribution in [-0.4, -0.2) is 17.6 Å². The molecule has 0 fully saturated rings. The summed E-state index contributed by atoms with van der Waals surface area (Å²) in [5.74, 6) is 2.41. The first-order valence-electron chi connectivity index (χ1n) is 5.39. The molecular weight excluding hydrogens is 214 g/mol. The minimum Gasteiger partial charge on any atom is -0.462 e. The van der Waals surface area contributed by atoms with Gasteiger partial charge in [-0.25, -0.2) is 9.78 Å². The van der Waals surface area contributed by atoms with Crippen molar-refractivity contribution < 1.29 is 9.53 Å². The van der Waals surface area contributed by atoms with Gasteiger partial charge in [0, 0.05) is 12.3 Å². The molecule has 0 aliphatic rings. The van der Waals surface area contributed by atoms with Gasteiger partial charge in [-0.05, 0) is 23.6 Å². The van der Waals surface area contributed by atoms with Gasteiger partial charge in [0.2, 0.25) is 0 Å². The van der Waals surface area contributed by atoms with Crippen LogP contribution in [0.2, 0.25) is 0 Å². The molecule has 0 aromatic carbocycles. The molecule has 1 rings (SSSR count). The van der Waals surface area contributed by atoms with Gasteiger partial charge in [0.1, 0.15) is 5.69 Å². The third-order valence-corrected chi connectivity index (χ3v) is 1.91. The minimum atomic E-state index is -0.347. The summed E-state index contributed by atoms with van der Waals surface area (Å²) in [5, 5.41) is 0. The molecule has 17 heavy (non-hydrogen) atoms. The van der Waals surface area contributed by atoms with E-state index in [2.05, 4.69) is 10.9 Å². The number of aromatic nitrogens is 1. The average Bonchev–Trinajstić information content (AvgIpc) is 2.34. The number of carbonyl (C=O) groups is 1. The van der Waals surface area contributed by atoms with E-state index in [0.717, 1.165) is 5.56 Å². The van der Waals surface area contributed by atoms with Gasteiger partial charge in [-0.15, -0.1) is 6.42 Å². The Morgan fingerprint density at radius 1 is 1.59 bits per heavy atom.